The fraction of sp³-hybridized carbons (Fsp3) is 0.188. The number of nitrogens with zero attached hydrogens (tertiary/aromatic N) is 1. The van der Waals surface area contributed by atoms with Crippen LogP contribution in [0.5, 0.6) is 17.2 Å². The predicted octanol–water partition coefficient (Wildman–Crippen LogP) is 3.72. The van der Waals surface area contributed by atoms with Gasteiger partial charge in [0.15, 0.2) is 0 Å². The lowest BCUT2D eigenvalue weighted by atomic mass is 10.2. The first-order chi connectivity index (χ1) is 9.58. The van der Waals surface area contributed by atoms with E-state index >= 15 is 0 Å². The number of nitrogens with two attached hydrogens (primary N) is 1. The largest absolute Gasteiger partial charge is 0.489 e. The molecule has 0 saturated heterocycles. The van der Waals surface area contributed by atoms with Crippen LogP contribution >= 0.6 is 0 Å². The van der Waals surface area contributed by atoms with E-state index in [0.717, 1.165) is 0 Å². The molecule has 2 aromatic rings. The fourth-order valence-electron chi connectivity index (χ4n) is 1.70. The van der Waals surface area contributed by atoms with Gasteiger partial charge in [0.25, 0.3) is 0 Å². The minimum absolute atomic E-state index is 0.0365. The lowest BCUT2D eigenvalue weighted by molar-refractivity contribution is 0.243. The number of benzene rings is 2. The van der Waals surface area contributed by atoms with Gasteiger partial charge in [0, 0.05) is 6.07 Å². The van der Waals surface area contributed by atoms with Crippen molar-refractivity contribution in [1.29, 1.82) is 5.26 Å². The molecule has 2 aromatic carbocycles. The van der Waals surface area contributed by atoms with Crippen LogP contribution in [0.1, 0.15) is 19.4 Å². The van der Waals surface area contributed by atoms with Crippen molar-refractivity contribution in [3.05, 3.63) is 48.0 Å². The maximum Gasteiger partial charge on any atom is 0.146 e. The Bertz CT molecular complexity index is 645. The van der Waals surface area contributed by atoms with Crippen LogP contribution in [0.25, 0.3) is 0 Å². The zero-order valence-corrected chi connectivity index (χ0v) is 11.5. The summed E-state index contributed by atoms with van der Waals surface area (Å²) >= 11 is 0. The first-order valence-electron chi connectivity index (χ1n) is 6.32. The number of nitriles is 1. The maximum absolute atomic E-state index is 8.87. The molecule has 0 radical (unpaired) electrons. The second-order valence-corrected chi connectivity index (χ2v) is 4.61. The normalized spacial score (nSPS) is 10.1. The van der Waals surface area contributed by atoms with Gasteiger partial charge in [-0.3, -0.25) is 0 Å². The zero-order chi connectivity index (χ0) is 14.5. The Kier molecular flexibility index (Phi) is 4.11. The van der Waals surface area contributed by atoms with Crippen LogP contribution in [0, 0.1) is 11.3 Å². The van der Waals surface area contributed by atoms with Crippen LogP contribution in [0.4, 0.5) is 5.69 Å². The molecule has 0 saturated carbocycles. The summed E-state index contributed by atoms with van der Waals surface area (Å²) in [5.41, 5.74) is 6.97. The number of rotatable bonds is 4. The smallest absolute Gasteiger partial charge is 0.146 e. The highest BCUT2D eigenvalue weighted by atomic mass is 16.5. The molecule has 0 aliphatic heterocycles. The number of hydrogen-bond donors (Lipinski definition) is 1. The highest BCUT2D eigenvalue weighted by Gasteiger charge is 2.06. The second kappa shape index (κ2) is 5.98. The van der Waals surface area contributed by atoms with E-state index in [1.165, 1.54) is 0 Å². The number of hydrogen-bond acceptors (Lipinski definition) is 4. The van der Waals surface area contributed by atoms with Crippen LogP contribution in [0.15, 0.2) is 42.5 Å². The van der Waals surface area contributed by atoms with Crippen molar-refractivity contribution in [3.8, 4) is 23.3 Å². The molecule has 0 aliphatic carbocycles. The summed E-state index contributed by atoms with van der Waals surface area (Å²) in [6, 6.07) is 14.3. The first kappa shape index (κ1) is 13.8. The molecule has 0 fully saturated rings. The summed E-state index contributed by atoms with van der Waals surface area (Å²) in [5, 5.41) is 8.87. The van der Waals surface area contributed by atoms with E-state index < -0.39 is 0 Å². The van der Waals surface area contributed by atoms with Crippen molar-refractivity contribution in [2.45, 2.75) is 20.0 Å². The van der Waals surface area contributed by atoms with Gasteiger partial charge in [0.1, 0.15) is 17.2 Å². The van der Waals surface area contributed by atoms with Crippen LogP contribution in [0.2, 0.25) is 0 Å². The van der Waals surface area contributed by atoms with Gasteiger partial charge in [0.2, 0.25) is 0 Å². The highest BCUT2D eigenvalue weighted by Crippen LogP contribution is 2.30. The van der Waals surface area contributed by atoms with E-state index in [1.54, 1.807) is 42.5 Å². The van der Waals surface area contributed by atoms with Gasteiger partial charge in [-0.05, 0) is 44.2 Å². The molecule has 0 aliphatic rings. The van der Waals surface area contributed by atoms with E-state index in [0.29, 0.717) is 28.5 Å². The van der Waals surface area contributed by atoms with Crippen LogP contribution in [-0.4, -0.2) is 6.10 Å². The summed E-state index contributed by atoms with van der Waals surface area (Å²) in [6.45, 7) is 3.87. The van der Waals surface area contributed by atoms with Gasteiger partial charge < -0.3 is 15.2 Å². The molecule has 102 valence electrons. The Hall–Kier alpha value is -2.67. The zero-order valence-electron chi connectivity index (χ0n) is 11.5. The minimum Gasteiger partial charge on any atom is -0.489 e. The van der Waals surface area contributed by atoms with Crippen molar-refractivity contribution in [2.75, 3.05) is 5.73 Å². The Balaban J connectivity index is 2.23. The summed E-state index contributed by atoms with van der Waals surface area (Å²) < 4.78 is 11.3. The van der Waals surface area contributed by atoms with Crippen LogP contribution in [0.3, 0.4) is 0 Å². The Morgan fingerprint density at radius 1 is 1.10 bits per heavy atom. The number of nitrogen functional groups attached to an aromatic ring is 1. The van der Waals surface area contributed by atoms with Crippen LogP contribution in [-0.2, 0) is 0 Å². The predicted molar refractivity (Wildman–Crippen MR) is 77.8 cm³/mol. The van der Waals surface area contributed by atoms with E-state index in [-0.39, 0.29) is 6.10 Å². The second-order valence-electron chi connectivity index (χ2n) is 4.61. The summed E-state index contributed by atoms with van der Waals surface area (Å²) in [4.78, 5) is 0. The average Bonchev–Trinajstić information content (AvgIpc) is 2.42. The van der Waals surface area contributed by atoms with E-state index in [1.807, 2.05) is 13.8 Å². The Morgan fingerprint density at radius 3 is 2.55 bits per heavy atom. The molecule has 0 atom stereocenters. The maximum atomic E-state index is 8.87. The minimum atomic E-state index is 0.0365. The summed E-state index contributed by atoms with van der Waals surface area (Å²) in [6.07, 6.45) is 0.0365. The van der Waals surface area contributed by atoms with Gasteiger partial charge in [-0.25, -0.2) is 0 Å². The SMILES string of the molecule is CC(C)Oc1cc(Oc2cccc(C#N)c2)ccc1N. The molecule has 0 bridgehead atoms. The first-order valence-corrected chi connectivity index (χ1v) is 6.32. The lowest BCUT2D eigenvalue weighted by Crippen LogP contribution is -2.07. The average molecular weight is 268 g/mol. The van der Waals surface area contributed by atoms with Gasteiger partial charge in [-0.15, -0.1) is 0 Å². The molecule has 0 heterocycles. The molecule has 20 heavy (non-hydrogen) atoms. The van der Waals surface area contributed by atoms with Gasteiger partial charge in [-0.2, -0.15) is 5.26 Å². The van der Waals surface area contributed by atoms with Crippen molar-refractivity contribution in [2.24, 2.45) is 0 Å². The molecule has 0 spiro atoms. The number of ether oxygens (including phenoxy) is 2. The third-order valence-corrected chi connectivity index (χ3v) is 2.55. The standard InChI is InChI=1S/C16H16N2O2/c1-11(2)19-16-9-14(6-7-15(16)18)20-13-5-3-4-12(8-13)10-17/h3-9,11H,18H2,1-2H3. The third kappa shape index (κ3) is 3.42. The molecule has 4 heteroatoms. The van der Waals surface area contributed by atoms with Crippen molar-refractivity contribution >= 4 is 5.69 Å². The van der Waals surface area contributed by atoms with E-state index in [2.05, 4.69) is 6.07 Å². The van der Waals surface area contributed by atoms with Crippen molar-refractivity contribution in [1.82, 2.24) is 0 Å². The highest BCUT2D eigenvalue weighted by molar-refractivity contribution is 5.56. The van der Waals surface area contributed by atoms with Gasteiger partial charge in [0.05, 0.1) is 23.4 Å². The molecule has 0 unspecified atom stereocenters. The fourth-order valence-corrected chi connectivity index (χ4v) is 1.70. The topological polar surface area (TPSA) is 68.3 Å². The summed E-state index contributed by atoms with van der Waals surface area (Å²) in [7, 11) is 0. The number of anilines is 1. The van der Waals surface area contributed by atoms with E-state index in [4.69, 9.17) is 20.5 Å². The van der Waals surface area contributed by atoms with Gasteiger partial charge >= 0.3 is 0 Å². The molecular formula is C16H16N2O2. The van der Waals surface area contributed by atoms with Crippen LogP contribution < -0.4 is 15.2 Å². The molecule has 0 aromatic heterocycles. The van der Waals surface area contributed by atoms with Gasteiger partial charge in [-0.1, -0.05) is 6.07 Å². The quantitative estimate of drug-likeness (QED) is 0.858. The molecule has 0 amide bonds. The lowest BCUT2D eigenvalue weighted by Gasteiger charge is -2.14. The molecule has 2 rings (SSSR count). The molecule has 4 nitrogen and oxygen atoms in total. The van der Waals surface area contributed by atoms with E-state index in [9.17, 15) is 0 Å². The Labute approximate surface area is 118 Å². The van der Waals surface area contributed by atoms with Crippen molar-refractivity contribution < 1.29 is 9.47 Å². The Morgan fingerprint density at radius 2 is 1.85 bits per heavy atom. The molecular weight excluding hydrogens is 252 g/mol. The summed E-state index contributed by atoms with van der Waals surface area (Å²) in [5.74, 6) is 1.81. The van der Waals surface area contributed by atoms with Crippen molar-refractivity contribution in [3.63, 3.8) is 0 Å². The third-order valence-electron chi connectivity index (χ3n) is 2.55. The monoisotopic (exact) mass is 268 g/mol. The molecule has 2 N–H and O–H groups in total.